The minimum atomic E-state index is -3.76. The standard InChI is InChI=1S/C10H15BrN6O3S/c1-3-12-5-7-4-8(9(11)20-7)21(18,19)15-6(2)10-13-16-17-14-10/h4,6,12,15H,3,5H2,1-2H3,(H,13,14,16,17). The lowest BCUT2D eigenvalue weighted by molar-refractivity contribution is 0.463. The number of aromatic amines is 1. The lowest BCUT2D eigenvalue weighted by atomic mass is 10.4. The molecule has 0 saturated carbocycles. The van der Waals surface area contributed by atoms with Crippen LogP contribution in [0.1, 0.15) is 31.5 Å². The van der Waals surface area contributed by atoms with Crippen LogP contribution >= 0.6 is 15.9 Å². The van der Waals surface area contributed by atoms with Crippen LogP contribution in [-0.2, 0) is 16.6 Å². The maximum absolute atomic E-state index is 12.3. The monoisotopic (exact) mass is 378 g/mol. The van der Waals surface area contributed by atoms with Crippen LogP contribution in [0, 0.1) is 0 Å². The highest BCUT2D eigenvalue weighted by Crippen LogP contribution is 2.27. The SMILES string of the molecule is CCNCc1cc(S(=O)(=O)NC(C)c2nn[nH]n2)c(Br)o1. The van der Waals surface area contributed by atoms with Crippen LogP contribution in [-0.4, -0.2) is 35.6 Å². The quantitative estimate of drug-likeness (QED) is 0.647. The van der Waals surface area contributed by atoms with Crippen molar-refractivity contribution < 1.29 is 12.8 Å². The molecular formula is C10H15BrN6O3S. The Kier molecular flexibility index (Phi) is 5.08. The lowest BCUT2D eigenvalue weighted by Crippen LogP contribution is -2.27. The average Bonchev–Trinajstić information content (AvgIpc) is 3.05. The van der Waals surface area contributed by atoms with Crippen molar-refractivity contribution in [2.75, 3.05) is 6.54 Å². The molecule has 2 rings (SSSR count). The number of tetrazole rings is 1. The summed E-state index contributed by atoms with van der Waals surface area (Å²) in [5, 5.41) is 16.2. The zero-order valence-electron chi connectivity index (χ0n) is 11.4. The van der Waals surface area contributed by atoms with E-state index in [1.807, 2.05) is 6.92 Å². The smallest absolute Gasteiger partial charge is 0.245 e. The van der Waals surface area contributed by atoms with Crippen LogP contribution in [0.3, 0.4) is 0 Å². The number of furan rings is 1. The predicted octanol–water partition coefficient (Wildman–Crippen LogP) is 0.704. The van der Waals surface area contributed by atoms with Crippen LogP contribution in [0.5, 0.6) is 0 Å². The Hall–Kier alpha value is -1.30. The molecule has 0 aliphatic heterocycles. The Bertz CT molecular complexity index is 684. The fourth-order valence-corrected chi connectivity index (χ4v) is 3.82. The van der Waals surface area contributed by atoms with Crippen molar-refractivity contribution in [1.82, 2.24) is 30.7 Å². The van der Waals surface area contributed by atoms with Crippen LogP contribution in [0.2, 0.25) is 0 Å². The van der Waals surface area contributed by atoms with Crippen molar-refractivity contribution in [3.63, 3.8) is 0 Å². The first-order valence-electron chi connectivity index (χ1n) is 6.18. The average molecular weight is 379 g/mol. The third-order valence-electron chi connectivity index (χ3n) is 2.63. The Morgan fingerprint density at radius 1 is 1.52 bits per heavy atom. The summed E-state index contributed by atoms with van der Waals surface area (Å²) in [6.07, 6.45) is 0. The van der Waals surface area contributed by atoms with Crippen molar-refractivity contribution in [3.05, 3.63) is 22.3 Å². The fourth-order valence-electron chi connectivity index (χ4n) is 1.62. The van der Waals surface area contributed by atoms with E-state index >= 15 is 0 Å². The Balaban J connectivity index is 2.17. The van der Waals surface area contributed by atoms with Gasteiger partial charge in [-0.3, -0.25) is 0 Å². The molecule has 116 valence electrons. The molecule has 2 heterocycles. The van der Waals surface area contributed by atoms with E-state index in [2.05, 4.69) is 46.6 Å². The van der Waals surface area contributed by atoms with Crippen LogP contribution in [0.25, 0.3) is 0 Å². The maximum atomic E-state index is 12.3. The number of H-pyrrole nitrogens is 1. The summed E-state index contributed by atoms with van der Waals surface area (Å²) in [5.41, 5.74) is 0. The first-order chi connectivity index (χ1) is 9.94. The number of hydrogen-bond acceptors (Lipinski definition) is 7. The van der Waals surface area contributed by atoms with Gasteiger partial charge < -0.3 is 9.73 Å². The molecule has 0 fully saturated rings. The molecule has 0 aliphatic carbocycles. The summed E-state index contributed by atoms with van der Waals surface area (Å²) in [5.74, 6) is 0.780. The number of aromatic nitrogens is 4. The van der Waals surface area contributed by atoms with E-state index in [4.69, 9.17) is 4.42 Å². The number of hydrogen-bond donors (Lipinski definition) is 3. The highest BCUT2D eigenvalue weighted by atomic mass is 79.9. The van der Waals surface area contributed by atoms with Crippen molar-refractivity contribution in [1.29, 1.82) is 0 Å². The lowest BCUT2D eigenvalue weighted by Gasteiger charge is -2.09. The van der Waals surface area contributed by atoms with Gasteiger partial charge in [-0.05, 0) is 29.4 Å². The van der Waals surface area contributed by atoms with Gasteiger partial charge in [-0.25, -0.2) is 13.1 Å². The van der Waals surface area contributed by atoms with Crippen LogP contribution < -0.4 is 10.0 Å². The van der Waals surface area contributed by atoms with Gasteiger partial charge in [0.15, 0.2) is 10.5 Å². The molecule has 0 saturated heterocycles. The highest BCUT2D eigenvalue weighted by Gasteiger charge is 2.26. The van der Waals surface area contributed by atoms with Crippen LogP contribution in [0.4, 0.5) is 0 Å². The van der Waals surface area contributed by atoms with E-state index in [9.17, 15) is 8.42 Å². The van der Waals surface area contributed by atoms with Crippen molar-refractivity contribution in [2.24, 2.45) is 0 Å². The van der Waals surface area contributed by atoms with E-state index in [1.165, 1.54) is 6.07 Å². The summed E-state index contributed by atoms with van der Waals surface area (Å²) < 4.78 is 32.7. The summed E-state index contributed by atoms with van der Waals surface area (Å²) in [6.45, 7) is 4.78. The fraction of sp³-hybridized carbons (Fsp3) is 0.500. The van der Waals surface area contributed by atoms with Gasteiger partial charge in [-0.1, -0.05) is 12.1 Å². The Labute approximate surface area is 130 Å². The zero-order valence-corrected chi connectivity index (χ0v) is 13.8. The normalized spacial score (nSPS) is 13.5. The molecule has 3 N–H and O–H groups in total. The van der Waals surface area contributed by atoms with Gasteiger partial charge >= 0.3 is 0 Å². The largest absolute Gasteiger partial charge is 0.452 e. The molecule has 2 aromatic rings. The van der Waals surface area contributed by atoms with Gasteiger partial charge in [0.2, 0.25) is 10.0 Å². The molecule has 0 amide bonds. The second-order valence-corrected chi connectivity index (χ2v) is 6.65. The minimum Gasteiger partial charge on any atom is -0.452 e. The number of sulfonamides is 1. The van der Waals surface area contributed by atoms with E-state index in [1.54, 1.807) is 6.92 Å². The van der Waals surface area contributed by atoms with Gasteiger partial charge in [-0.2, -0.15) is 5.21 Å². The first-order valence-corrected chi connectivity index (χ1v) is 8.46. The summed E-state index contributed by atoms with van der Waals surface area (Å²) in [4.78, 5) is 0.0331. The van der Waals surface area contributed by atoms with Crippen LogP contribution in [0.15, 0.2) is 20.0 Å². The van der Waals surface area contributed by atoms with Gasteiger partial charge in [0, 0.05) is 6.07 Å². The predicted molar refractivity (Wildman–Crippen MR) is 76.7 cm³/mol. The van der Waals surface area contributed by atoms with E-state index < -0.39 is 16.1 Å². The molecule has 0 spiro atoms. The van der Waals surface area contributed by atoms with Gasteiger partial charge in [-0.15, -0.1) is 10.2 Å². The molecule has 0 bridgehead atoms. The second kappa shape index (κ2) is 6.64. The third-order valence-corrected chi connectivity index (χ3v) is 5.02. The number of halogens is 1. The van der Waals surface area contributed by atoms with Crippen molar-refractivity contribution in [3.8, 4) is 0 Å². The molecule has 11 heteroatoms. The molecule has 1 atom stereocenters. The molecular weight excluding hydrogens is 364 g/mol. The molecule has 0 aliphatic rings. The summed E-state index contributed by atoms with van der Waals surface area (Å²) in [6, 6.07) is 0.852. The summed E-state index contributed by atoms with van der Waals surface area (Å²) in [7, 11) is -3.76. The highest BCUT2D eigenvalue weighted by molar-refractivity contribution is 9.10. The molecule has 21 heavy (non-hydrogen) atoms. The number of rotatable bonds is 7. The Morgan fingerprint density at radius 2 is 2.29 bits per heavy atom. The zero-order chi connectivity index (χ0) is 15.5. The molecule has 9 nitrogen and oxygen atoms in total. The first kappa shape index (κ1) is 16.1. The van der Waals surface area contributed by atoms with E-state index in [-0.39, 0.29) is 15.4 Å². The second-order valence-electron chi connectivity index (χ2n) is 4.24. The van der Waals surface area contributed by atoms with E-state index in [0.29, 0.717) is 12.3 Å². The van der Waals surface area contributed by atoms with Gasteiger partial charge in [0.05, 0.1) is 12.6 Å². The van der Waals surface area contributed by atoms with Gasteiger partial charge in [0.1, 0.15) is 10.7 Å². The minimum absolute atomic E-state index is 0.0331. The summed E-state index contributed by atoms with van der Waals surface area (Å²) >= 11 is 3.12. The third kappa shape index (κ3) is 3.87. The van der Waals surface area contributed by atoms with Crippen molar-refractivity contribution >= 4 is 26.0 Å². The number of nitrogens with one attached hydrogen (secondary N) is 3. The molecule has 1 unspecified atom stereocenters. The maximum Gasteiger partial charge on any atom is 0.245 e. The number of nitrogens with zero attached hydrogens (tertiary/aromatic N) is 3. The topological polar surface area (TPSA) is 126 Å². The molecule has 0 aromatic carbocycles. The Morgan fingerprint density at radius 3 is 2.90 bits per heavy atom. The molecule has 0 radical (unpaired) electrons. The van der Waals surface area contributed by atoms with Gasteiger partial charge in [0.25, 0.3) is 0 Å². The van der Waals surface area contributed by atoms with E-state index in [0.717, 1.165) is 6.54 Å². The molecule has 2 aromatic heterocycles. The van der Waals surface area contributed by atoms with Crippen molar-refractivity contribution in [2.45, 2.75) is 31.3 Å².